The quantitative estimate of drug-likeness (QED) is 0.504. The van der Waals surface area contributed by atoms with Gasteiger partial charge in [0.15, 0.2) is 0 Å². The Morgan fingerprint density at radius 3 is 2.35 bits per heavy atom. The molecule has 0 spiro atoms. The molecule has 1 aromatic carbocycles. The lowest BCUT2D eigenvalue weighted by Gasteiger charge is -2.33. The lowest BCUT2D eigenvalue weighted by molar-refractivity contribution is 0.304. The molecule has 0 saturated heterocycles. The predicted molar refractivity (Wildman–Crippen MR) is 97.1 cm³/mol. The van der Waals surface area contributed by atoms with Crippen molar-refractivity contribution in [3.05, 3.63) is 34.9 Å². The maximum Gasteiger partial charge on any atom is 0.123 e. The van der Waals surface area contributed by atoms with Crippen LogP contribution < -0.4 is 0 Å². The Labute approximate surface area is 141 Å². The fourth-order valence-electron chi connectivity index (χ4n) is 3.88. The zero-order valence-electron chi connectivity index (χ0n) is 15.1. The number of benzene rings is 1. The summed E-state index contributed by atoms with van der Waals surface area (Å²) in [6.07, 6.45) is 8.88. The maximum absolute atomic E-state index is 10.6. The molecule has 2 nitrogen and oxygen atoms in total. The number of allylic oxidation sites excluding steroid dienone is 2. The molecular formula is C21H32O2. The highest BCUT2D eigenvalue weighted by molar-refractivity contribution is 5.51. The standard InChI is InChI=1S/C21H32O2/c1-5-6-7-8-16-12-19(22)21(20(23)13-16)18-11-15(4)9-10-17(18)14(2)3/h11-14,17-18,22-23H,5-10H2,1-4H3/t17-,18-/m1/s1. The minimum absolute atomic E-state index is 0.119. The summed E-state index contributed by atoms with van der Waals surface area (Å²) < 4.78 is 0. The molecule has 2 rings (SSSR count). The van der Waals surface area contributed by atoms with Crippen molar-refractivity contribution in [1.82, 2.24) is 0 Å². The molecule has 0 amide bonds. The Bertz CT molecular complexity index is 534. The highest BCUT2D eigenvalue weighted by Crippen LogP contribution is 2.46. The molecule has 1 aliphatic carbocycles. The Kier molecular flexibility index (Phi) is 6.15. The first kappa shape index (κ1) is 17.9. The molecule has 0 aliphatic heterocycles. The smallest absolute Gasteiger partial charge is 0.123 e. The molecule has 2 heteroatoms. The van der Waals surface area contributed by atoms with Gasteiger partial charge in [-0.25, -0.2) is 0 Å². The van der Waals surface area contributed by atoms with Gasteiger partial charge in [0.2, 0.25) is 0 Å². The zero-order valence-corrected chi connectivity index (χ0v) is 15.1. The second-order valence-corrected chi connectivity index (χ2v) is 7.49. The third-order valence-corrected chi connectivity index (χ3v) is 5.25. The van der Waals surface area contributed by atoms with Crippen molar-refractivity contribution in [2.24, 2.45) is 11.8 Å². The summed E-state index contributed by atoms with van der Waals surface area (Å²) in [6, 6.07) is 3.72. The Morgan fingerprint density at radius 2 is 1.78 bits per heavy atom. The monoisotopic (exact) mass is 316 g/mol. The lowest BCUT2D eigenvalue weighted by Crippen LogP contribution is -2.21. The van der Waals surface area contributed by atoms with E-state index >= 15 is 0 Å². The summed E-state index contributed by atoms with van der Waals surface area (Å²) in [6.45, 7) is 8.80. The van der Waals surface area contributed by atoms with Gasteiger partial charge in [-0.1, -0.05) is 45.3 Å². The van der Waals surface area contributed by atoms with Crippen molar-refractivity contribution < 1.29 is 10.2 Å². The van der Waals surface area contributed by atoms with Crippen LogP contribution in [0.15, 0.2) is 23.8 Å². The van der Waals surface area contributed by atoms with Gasteiger partial charge >= 0.3 is 0 Å². The molecule has 128 valence electrons. The first-order valence-electron chi connectivity index (χ1n) is 9.16. The van der Waals surface area contributed by atoms with E-state index in [1.54, 1.807) is 0 Å². The van der Waals surface area contributed by atoms with E-state index in [1.807, 2.05) is 12.1 Å². The number of phenols is 2. The summed E-state index contributed by atoms with van der Waals surface area (Å²) in [4.78, 5) is 0. The SMILES string of the molecule is CCCCCc1cc(O)c([C@@H]2C=C(C)CC[C@@H]2C(C)C)c(O)c1. The second-order valence-electron chi connectivity index (χ2n) is 7.49. The van der Waals surface area contributed by atoms with E-state index in [0.717, 1.165) is 36.8 Å². The first-order valence-corrected chi connectivity index (χ1v) is 9.16. The molecule has 0 saturated carbocycles. The van der Waals surface area contributed by atoms with Crippen LogP contribution in [0, 0.1) is 11.8 Å². The Hall–Kier alpha value is -1.44. The van der Waals surface area contributed by atoms with Gasteiger partial charge in [-0.15, -0.1) is 0 Å². The van der Waals surface area contributed by atoms with Crippen LogP contribution in [0.25, 0.3) is 0 Å². The molecule has 0 unspecified atom stereocenters. The van der Waals surface area contributed by atoms with E-state index in [9.17, 15) is 10.2 Å². The van der Waals surface area contributed by atoms with Crippen molar-refractivity contribution in [2.45, 2.75) is 72.1 Å². The molecule has 0 heterocycles. The molecule has 1 aromatic rings. The summed E-state index contributed by atoms with van der Waals surface area (Å²) in [5.74, 6) is 1.65. The molecule has 2 N–H and O–H groups in total. The summed E-state index contributed by atoms with van der Waals surface area (Å²) >= 11 is 0. The predicted octanol–water partition coefficient (Wildman–Crippen LogP) is 5.93. The molecule has 1 aliphatic rings. The minimum atomic E-state index is 0.119. The Morgan fingerprint density at radius 1 is 1.13 bits per heavy atom. The highest BCUT2D eigenvalue weighted by Gasteiger charge is 2.31. The molecule has 0 fully saturated rings. The number of hydrogen-bond acceptors (Lipinski definition) is 2. The summed E-state index contributed by atoms with van der Waals surface area (Å²) in [7, 11) is 0. The van der Waals surface area contributed by atoms with Gasteiger partial charge in [0, 0.05) is 11.5 Å². The fraction of sp³-hybridized carbons (Fsp3) is 0.619. The lowest BCUT2D eigenvalue weighted by atomic mass is 9.71. The van der Waals surface area contributed by atoms with Crippen LogP contribution in [0.5, 0.6) is 11.5 Å². The van der Waals surface area contributed by atoms with Crippen LogP contribution >= 0.6 is 0 Å². The van der Waals surface area contributed by atoms with E-state index in [0.29, 0.717) is 11.8 Å². The van der Waals surface area contributed by atoms with E-state index in [-0.39, 0.29) is 17.4 Å². The fourth-order valence-corrected chi connectivity index (χ4v) is 3.88. The molecule has 0 radical (unpaired) electrons. The number of unbranched alkanes of at least 4 members (excludes halogenated alkanes) is 2. The van der Waals surface area contributed by atoms with Crippen molar-refractivity contribution >= 4 is 0 Å². The van der Waals surface area contributed by atoms with Crippen molar-refractivity contribution in [3.8, 4) is 11.5 Å². The largest absolute Gasteiger partial charge is 0.507 e. The number of phenolic OH excluding ortho intramolecular Hbond substituents is 2. The van der Waals surface area contributed by atoms with Crippen LogP contribution in [0.4, 0.5) is 0 Å². The topological polar surface area (TPSA) is 40.5 Å². The number of aromatic hydroxyl groups is 2. The normalized spacial score (nSPS) is 21.5. The average molecular weight is 316 g/mol. The Balaban J connectivity index is 2.32. The van der Waals surface area contributed by atoms with Gasteiger partial charge in [-0.2, -0.15) is 0 Å². The van der Waals surface area contributed by atoms with Gasteiger partial charge in [0.1, 0.15) is 11.5 Å². The molecule has 0 bridgehead atoms. The molecule has 23 heavy (non-hydrogen) atoms. The van der Waals surface area contributed by atoms with Crippen LogP contribution in [-0.4, -0.2) is 10.2 Å². The van der Waals surface area contributed by atoms with E-state index < -0.39 is 0 Å². The third kappa shape index (κ3) is 4.31. The van der Waals surface area contributed by atoms with Gasteiger partial charge in [-0.3, -0.25) is 0 Å². The summed E-state index contributed by atoms with van der Waals surface area (Å²) in [5, 5.41) is 21.2. The van der Waals surface area contributed by atoms with Crippen LogP contribution in [-0.2, 0) is 6.42 Å². The minimum Gasteiger partial charge on any atom is -0.507 e. The van der Waals surface area contributed by atoms with E-state index in [2.05, 4.69) is 33.8 Å². The highest BCUT2D eigenvalue weighted by atomic mass is 16.3. The van der Waals surface area contributed by atoms with Gasteiger partial charge in [-0.05, 0) is 62.1 Å². The van der Waals surface area contributed by atoms with Gasteiger partial charge in [0.05, 0.1) is 0 Å². The third-order valence-electron chi connectivity index (χ3n) is 5.25. The van der Waals surface area contributed by atoms with E-state index in [4.69, 9.17) is 0 Å². The van der Waals surface area contributed by atoms with Crippen molar-refractivity contribution in [2.75, 3.05) is 0 Å². The first-order chi connectivity index (χ1) is 10.9. The van der Waals surface area contributed by atoms with Crippen molar-refractivity contribution in [3.63, 3.8) is 0 Å². The summed E-state index contributed by atoms with van der Waals surface area (Å²) in [5.41, 5.74) is 3.12. The average Bonchev–Trinajstić information content (AvgIpc) is 2.46. The number of hydrogen-bond donors (Lipinski definition) is 2. The molecule has 2 atom stereocenters. The molecule has 0 aromatic heterocycles. The number of rotatable bonds is 6. The van der Waals surface area contributed by atoms with E-state index in [1.165, 1.54) is 18.4 Å². The second kappa shape index (κ2) is 7.90. The zero-order chi connectivity index (χ0) is 17.0. The van der Waals surface area contributed by atoms with Crippen molar-refractivity contribution in [1.29, 1.82) is 0 Å². The number of aryl methyl sites for hydroxylation is 1. The molecular weight excluding hydrogens is 284 g/mol. The van der Waals surface area contributed by atoms with Crippen LogP contribution in [0.1, 0.15) is 76.8 Å². The van der Waals surface area contributed by atoms with Crippen LogP contribution in [0.3, 0.4) is 0 Å². The maximum atomic E-state index is 10.6. The van der Waals surface area contributed by atoms with Gasteiger partial charge < -0.3 is 10.2 Å². The van der Waals surface area contributed by atoms with Crippen LogP contribution in [0.2, 0.25) is 0 Å². The van der Waals surface area contributed by atoms with Gasteiger partial charge in [0.25, 0.3) is 0 Å².